The SMILES string of the molecule is CN(C(=O)c1ccc2c(c1)NC(=O)CS2)C1(C(=O)O)CCCCC1. The molecule has 2 N–H and O–H groups in total. The van der Waals surface area contributed by atoms with Gasteiger partial charge in [0.25, 0.3) is 5.91 Å². The van der Waals surface area contributed by atoms with Crippen molar-refractivity contribution in [1.29, 1.82) is 0 Å². The van der Waals surface area contributed by atoms with E-state index in [1.54, 1.807) is 25.2 Å². The molecule has 1 heterocycles. The van der Waals surface area contributed by atoms with E-state index in [0.29, 0.717) is 29.8 Å². The lowest BCUT2D eigenvalue weighted by Gasteiger charge is -2.41. The van der Waals surface area contributed by atoms with Gasteiger partial charge in [0, 0.05) is 17.5 Å². The second kappa shape index (κ2) is 6.47. The fraction of sp³-hybridized carbons (Fsp3) is 0.471. The Morgan fingerprint density at radius 3 is 2.62 bits per heavy atom. The van der Waals surface area contributed by atoms with Gasteiger partial charge >= 0.3 is 5.97 Å². The summed E-state index contributed by atoms with van der Waals surface area (Å²) in [6.45, 7) is 0. The van der Waals surface area contributed by atoms with E-state index < -0.39 is 11.5 Å². The number of nitrogens with zero attached hydrogens (tertiary/aromatic N) is 1. The van der Waals surface area contributed by atoms with Crippen LogP contribution in [0.25, 0.3) is 0 Å². The predicted octanol–water partition coefficient (Wildman–Crippen LogP) is 2.59. The Labute approximate surface area is 144 Å². The van der Waals surface area contributed by atoms with Gasteiger partial charge in [-0.3, -0.25) is 9.59 Å². The van der Waals surface area contributed by atoms with Crippen molar-refractivity contribution >= 4 is 35.2 Å². The van der Waals surface area contributed by atoms with Crippen LogP contribution in [0.3, 0.4) is 0 Å². The van der Waals surface area contributed by atoms with E-state index in [0.717, 1.165) is 24.2 Å². The smallest absolute Gasteiger partial charge is 0.329 e. The molecule has 7 heteroatoms. The van der Waals surface area contributed by atoms with Gasteiger partial charge in [-0.05, 0) is 31.0 Å². The predicted molar refractivity (Wildman–Crippen MR) is 91.3 cm³/mol. The summed E-state index contributed by atoms with van der Waals surface area (Å²) in [7, 11) is 1.56. The number of carboxylic acids is 1. The van der Waals surface area contributed by atoms with E-state index in [-0.39, 0.29) is 11.8 Å². The number of aliphatic carboxylic acids is 1. The monoisotopic (exact) mass is 348 g/mol. The van der Waals surface area contributed by atoms with E-state index >= 15 is 0 Å². The Bertz CT molecular complexity index is 698. The maximum absolute atomic E-state index is 12.9. The minimum absolute atomic E-state index is 0.0975. The topological polar surface area (TPSA) is 86.7 Å². The third-order valence-electron chi connectivity index (χ3n) is 4.88. The minimum Gasteiger partial charge on any atom is -0.479 e. The zero-order valence-electron chi connectivity index (χ0n) is 13.5. The molecule has 2 aliphatic rings. The summed E-state index contributed by atoms with van der Waals surface area (Å²) in [5.74, 6) is -1.01. The molecule has 0 unspecified atom stereocenters. The third kappa shape index (κ3) is 2.88. The largest absolute Gasteiger partial charge is 0.479 e. The van der Waals surface area contributed by atoms with E-state index in [1.165, 1.54) is 16.7 Å². The number of anilines is 1. The van der Waals surface area contributed by atoms with Gasteiger partial charge in [-0.15, -0.1) is 11.8 Å². The zero-order chi connectivity index (χ0) is 17.3. The normalized spacial score (nSPS) is 19.1. The standard InChI is InChI=1S/C17H20N2O4S/c1-19(17(16(22)23)7-3-2-4-8-17)15(21)11-5-6-13-12(9-11)18-14(20)10-24-13/h5-6,9H,2-4,7-8,10H2,1H3,(H,18,20)(H,22,23). The molecule has 2 amide bonds. The van der Waals surface area contributed by atoms with Gasteiger partial charge in [0.2, 0.25) is 5.91 Å². The lowest BCUT2D eigenvalue weighted by atomic mass is 9.80. The van der Waals surface area contributed by atoms with Crippen LogP contribution in [0, 0.1) is 0 Å². The second-order valence-corrected chi connectivity index (χ2v) is 7.33. The molecule has 24 heavy (non-hydrogen) atoms. The van der Waals surface area contributed by atoms with Crippen molar-refractivity contribution in [3.05, 3.63) is 23.8 Å². The Balaban J connectivity index is 1.89. The molecule has 128 valence electrons. The Hall–Kier alpha value is -2.02. The summed E-state index contributed by atoms with van der Waals surface area (Å²) in [5, 5.41) is 12.5. The highest BCUT2D eigenvalue weighted by Gasteiger charge is 2.45. The number of hydrogen-bond donors (Lipinski definition) is 2. The van der Waals surface area contributed by atoms with Crippen molar-refractivity contribution in [2.24, 2.45) is 0 Å². The van der Waals surface area contributed by atoms with Crippen LogP contribution in [0.15, 0.2) is 23.1 Å². The van der Waals surface area contributed by atoms with Crippen molar-refractivity contribution in [3.8, 4) is 0 Å². The summed E-state index contributed by atoms with van der Waals surface area (Å²) in [5.41, 5.74) is -0.128. The maximum atomic E-state index is 12.9. The molecule has 1 saturated carbocycles. The number of benzene rings is 1. The Morgan fingerprint density at radius 1 is 1.25 bits per heavy atom. The summed E-state index contributed by atoms with van der Waals surface area (Å²) in [4.78, 5) is 38.5. The molecule has 1 aromatic rings. The summed E-state index contributed by atoms with van der Waals surface area (Å²) in [6.07, 6.45) is 3.56. The number of fused-ring (bicyclic) bond motifs is 1. The Kier molecular flexibility index (Phi) is 4.54. The van der Waals surface area contributed by atoms with Crippen molar-refractivity contribution in [2.45, 2.75) is 42.5 Å². The number of thioether (sulfide) groups is 1. The van der Waals surface area contributed by atoms with Gasteiger partial charge in [0.1, 0.15) is 5.54 Å². The number of carbonyl (C=O) groups is 3. The van der Waals surface area contributed by atoms with Gasteiger partial charge in [-0.1, -0.05) is 19.3 Å². The first kappa shape index (κ1) is 16.8. The summed E-state index contributed by atoms with van der Waals surface area (Å²) in [6, 6.07) is 5.13. The molecule has 1 aromatic carbocycles. The Morgan fingerprint density at radius 2 is 1.96 bits per heavy atom. The van der Waals surface area contributed by atoms with Crippen LogP contribution in [0.5, 0.6) is 0 Å². The first-order valence-corrected chi connectivity index (χ1v) is 9.01. The second-order valence-electron chi connectivity index (χ2n) is 6.31. The molecular weight excluding hydrogens is 328 g/mol. The van der Waals surface area contributed by atoms with Crippen molar-refractivity contribution < 1.29 is 19.5 Å². The van der Waals surface area contributed by atoms with Crippen LogP contribution >= 0.6 is 11.8 Å². The van der Waals surface area contributed by atoms with E-state index in [2.05, 4.69) is 5.32 Å². The molecule has 0 bridgehead atoms. The number of hydrogen-bond acceptors (Lipinski definition) is 4. The molecule has 6 nitrogen and oxygen atoms in total. The quantitative estimate of drug-likeness (QED) is 0.877. The van der Waals surface area contributed by atoms with Crippen LogP contribution < -0.4 is 5.32 Å². The molecule has 0 aromatic heterocycles. The lowest BCUT2D eigenvalue weighted by molar-refractivity contribution is -0.151. The van der Waals surface area contributed by atoms with Crippen LogP contribution in [0.1, 0.15) is 42.5 Å². The zero-order valence-corrected chi connectivity index (χ0v) is 14.3. The lowest BCUT2D eigenvalue weighted by Crippen LogP contribution is -2.56. The number of amides is 2. The third-order valence-corrected chi connectivity index (χ3v) is 5.96. The number of carboxylic acid groups (broad SMARTS) is 1. The molecule has 3 rings (SSSR count). The van der Waals surface area contributed by atoms with Crippen molar-refractivity contribution in [2.75, 3.05) is 18.1 Å². The van der Waals surface area contributed by atoms with Crippen LogP contribution in [-0.2, 0) is 9.59 Å². The minimum atomic E-state index is -1.14. The van der Waals surface area contributed by atoms with E-state index in [9.17, 15) is 19.5 Å². The summed E-state index contributed by atoms with van der Waals surface area (Å²) < 4.78 is 0. The van der Waals surface area contributed by atoms with Crippen LogP contribution in [-0.4, -0.2) is 46.1 Å². The van der Waals surface area contributed by atoms with Gasteiger partial charge in [0.15, 0.2) is 0 Å². The van der Waals surface area contributed by atoms with Crippen molar-refractivity contribution in [1.82, 2.24) is 4.90 Å². The first-order valence-electron chi connectivity index (χ1n) is 8.02. The molecular formula is C17H20N2O4S. The number of nitrogens with one attached hydrogen (secondary N) is 1. The fourth-order valence-corrected chi connectivity index (χ4v) is 4.22. The molecule has 0 radical (unpaired) electrons. The van der Waals surface area contributed by atoms with Gasteiger partial charge in [-0.25, -0.2) is 4.79 Å². The average Bonchev–Trinajstić information content (AvgIpc) is 2.60. The number of carbonyl (C=O) groups excluding carboxylic acids is 2. The summed E-state index contributed by atoms with van der Waals surface area (Å²) >= 11 is 1.43. The highest BCUT2D eigenvalue weighted by Crippen LogP contribution is 2.36. The van der Waals surface area contributed by atoms with Gasteiger partial charge < -0.3 is 15.3 Å². The van der Waals surface area contributed by atoms with Crippen molar-refractivity contribution in [3.63, 3.8) is 0 Å². The van der Waals surface area contributed by atoms with Gasteiger partial charge in [-0.2, -0.15) is 0 Å². The molecule has 1 aliphatic carbocycles. The molecule has 1 fully saturated rings. The van der Waals surface area contributed by atoms with Crippen LogP contribution in [0.2, 0.25) is 0 Å². The highest BCUT2D eigenvalue weighted by molar-refractivity contribution is 8.00. The number of likely N-dealkylation sites (N-methyl/N-ethyl adjacent to an activating group) is 1. The van der Waals surface area contributed by atoms with E-state index in [1.807, 2.05) is 0 Å². The number of rotatable bonds is 3. The maximum Gasteiger partial charge on any atom is 0.329 e. The average molecular weight is 348 g/mol. The molecule has 0 saturated heterocycles. The van der Waals surface area contributed by atoms with Gasteiger partial charge in [0.05, 0.1) is 11.4 Å². The molecule has 0 atom stereocenters. The van der Waals surface area contributed by atoms with E-state index in [4.69, 9.17) is 0 Å². The highest BCUT2D eigenvalue weighted by atomic mass is 32.2. The van der Waals surface area contributed by atoms with Crippen LogP contribution in [0.4, 0.5) is 5.69 Å². The molecule has 0 spiro atoms. The first-order chi connectivity index (χ1) is 11.4. The molecule has 1 aliphatic heterocycles. The fourth-order valence-electron chi connectivity index (χ4n) is 3.43.